The molecule has 0 atom stereocenters. The van der Waals surface area contributed by atoms with Crippen molar-refractivity contribution in [1.29, 1.82) is 0 Å². The summed E-state index contributed by atoms with van der Waals surface area (Å²) in [5.74, 6) is -0.405. The Kier molecular flexibility index (Phi) is 7.68. The number of carbonyl (C=O) groups is 2. The van der Waals surface area contributed by atoms with Crippen LogP contribution in [0.25, 0.3) is 0 Å². The number of anilines is 3. The molecule has 0 aliphatic heterocycles. The summed E-state index contributed by atoms with van der Waals surface area (Å²) in [5, 5.41) is 8.94. The van der Waals surface area contributed by atoms with Crippen molar-refractivity contribution >= 4 is 40.7 Å². The fourth-order valence-electron chi connectivity index (χ4n) is 3.14. The summed E-state index contributed by atoms with van der Waals surface area (Å²) in [6.07, 6.45) is 0. The van der Waals surface area contributed by atoms with Crippen LogP contribution in [0.4, 0.5) is 31.0 Å². The largest absolute Gasteiger partial charge is 0.336 e. The minimum atomic E-state index is -0.420. The average Bonchev–Trinajstić information content (AvgIpc) is 2.76. The molecule has 6 nitrogen and oxygen atoms in total. The third-order valence-corrected chi connectivity index (χ3v) is 5.07. The number of urea groups is 2. The molecule has 3 rings (SSSR count). The molecule has 0 radical (unpaired) electrons. The number of amides is 4. The van der Waals surface area contributed by atoms with Gasteiger partial charge in [-0.1, -0.05) is 29.8 Å². The number of rotatable bonds is 6. The monoisotopic (exact) mass is 454 g/mol. The van der Waals surface area contributed by atoms with E-state index in [-0.39, 0.29) is 19.1 Å². The lowest BCUT2D eigenvalue weighted by Crippen LogP contribution is -2.42. The number of nitrogens with zero attached hydrogens (tertiary/aromatic N) is 1. The summed E-state index contributed by atoms with van der Waals surface area (Å²) in [6.45, 7) is 4.19. The number of carbonyl (C=O) groups excluding carboxylic acids is 2. The molecule has 3 N–H and O–H groups in total. The van der Waals surface area contributed by atoms with Gasteiger partial charge in [-0.2, -0.15) is 0 Å². The lowest BCUT2D eigenvalue weighted by atomic mass is 10.1. The van der Waals surface area contributed by atoms with Gasteiger partial charge in [-0.25, -0.2) is 14.0 Å². The zero-order chi connectivity index (χ0) is 23.1. The fraction of sp³-hybridized carbons (Fsp3) is 0.167. The summed E-state index contributed by atoms with van der Waals surface area (Å²) in [6, 6.07) is 17.2. The Morgan fingerprint density at radius 1 is 0.906 bits per heavy atom. The normalized spacial score (nSPS) is 10.4. The van der Waals surface area contributed by atoms with Gasteiger partial charge in [-0.3, -0.25) is 4.90 Å². The third kappa shape index (κ3) is 6.21. The molecule has 166 valence electrons. The Morgan fingerprint density at radius 2 is 1.53 bits per heavy atom. The van der Waals surface area contributed by atoms with Crippen LogP contribution in [0.3, 0.4) is 0 Å². The smallest absolute Gasteiger partial charge is 0.326 e. The molecule has 8 heteroatoms. The van der Waals surface area contributed by atoms with E-state index in [0.29, 0.717) is 16.4 Å². The van der Waals surface area contributed by atoms with Gasteiger partial charge in [0, 0.05) is 35.2 Å². The number of para-hydroxylation sites is 1. The van der Waals surface area contributed by atoms with Crippen molar-refractivity contribution in [3.05, 3.63) is 88.7 Å². The first-order valence-corrected chi connectivity index (χ1v) is 10.4. The molecular formula is C24H24ClFN4O2. The molecule has 0 saturated carbocycles. The highest BCUT2D eigenvalue weighted by molar-refractivity contribution is 6.30. The lowest BCUT2D eigenvalue weighted by molar-refractivity contribution is 0.250. The summed E-state index contributed by atoms with van der Waals surface area (Å²) < 4.78 is 13.4. The van der Waals surface area contributed by atoms with Crippen LogP contribution in [-0.4, -0.2) is 25.2 Å². The highest BCUT2D eigenvalue weighted by atomic mass is 35.5. The summed E-state index contributed by atoms with van der Waals surface area (Å²) in [5.41, 5.74) is 3.72. The van der Waals surface area contributed by atoms with Gasteiger partial charge in [0.25, 0.3) is 0 Å². The van der Waals surface area contributed by atoms with E-state index in [0.717, 1.165) is 16.8 Å². The van der Waals surface area contributed by atoms with Crippen LogP contribution in [0.2, 0.25) is 5.02 Å². The first kappa shape index (κ1) is 23.1. The molecular weight excluding hydrogens is 431 g/mol. The first-order chi connectivity index (χ1) is 15.3. The topological polar surface area (TPSA) is 73.5 Å². The zero-order valence-electron chi connectivity index (χ0n) is 17.8. The standard InChI is InChI=1S/C24H24ClFN4O2/c1-16-4-3-5-17(2)22(16)29-23(31)27-14-15-30(21-12-8-19(26)9-13-21)24(32)28-20-10-6-18(25)7-11-20/h3-13H,14-15H2,1-2H3,(H,28,32)(H2,27,29,31). The molecule has 0 aromatic heterocycles. The summed E-state index contributed by atoms with van der Waals surface area (Å²) >= 11 is 5.89. The highest BCUT2D eigenvalue weighted by Crippen LogP contribution is 2.20. The van der Waals surface area contributed by atoms with E-state index in [1.54, 1.807) is 24.3 Å². The van der Waals surface area contributed by atoms with Crippen molar-refractivity contribution in [2.24, 2.45) is 0 Å². The maximum atomic E-state index is 13.4. The van der Waals surface area contributed by atoms with E-state index in [1.807, 2.05) is 32.0 Å². The van der Waals surface area contributed by atoms with Crippen LogP contribution in [0.15, 0.2) is 66.7 Å². The Hall–Kier alpha value is -3.58. The molecule has 32 heavy (non-hydrogen) atoms. The van der Waals surface area contributed by atoms with Gasteiger partial charge < -0.3 is 16.0 Å². The van der Waals surface area contributed by atoms with Gasteiger partial charge in [0.05, 0.1) is 0 Å². The van der Waals surface area contributed by atoms with Crippen molar-refractivity contribution in [3.8, 4) is 0 Å². The van der Waals surface area contributed by atoms with Gasteiger partial charge in [0.15, 0.2) is 0 Å². The predicted octanol–water partition coefficient (Wildman–Crippen LogP) is 5.96. The number of nitrogens with one attached hydrogen (secondary N) is 3. The van der Waals surface area contributed by atoms with Crippen LogP contribution in [0.5, 0.6) is 0 Å². The van der Waals surface area contributed by atoms with E-state index < -0.39 is 11.8 Å². The van der Waals surface area contributed by atoms with Gasteiger partial charge in [-0.05, 0) is 73.5 Å². The van der Waals surface area contributed by atoms with Crippen LogP contribution in [0.1, 0.15) is 11.1 Å². The van der Waals surface area contributed by atoms with E-state index in [2.05, 4.69) is 16.0 Å². The van der Waals surface area contributed by atoms with Gasteiger partial charge in [-0.15, -0.1) is 0 Å². The average molecular weight is 455 g/mol. The molecule has 0 fully saturated rings. The lowest BCUT2D eigenvalue weighted by Gasteiger charge is -2.23. The molecule has 4 amide bonds. The molecule has 0 saturated heterocycles. The van der Waals surface area contributed by atoms with Gasteiger partial charge >= 0.3 is 12.1 Å². The molecule has 0 aliphatic carbocycles. The fourth-order valence-corrected chi connectivity index (χ4v) is 3.27. The number of aryl methyl sites for hydroxylation is 2. The molecule has 0 aliphatic rings. The van der Waals surface area contributed by atoms with Crippen LogP contribution >= 0.6 is 11.6 Å². The van der Waals surface area contributed by atoms with E-state index in [4.69, 9.17) is 11.6 Å². The third-order valence-electron chi connectivity index (χ3n) is 4.82. The van der Waals surface area contributed by atoms with E-state index in [9.17, 15) is 14.0 Å². The summed E-state index contributed by atoms with van der Waals surface area (Å²) in [7, 11) is 0. The zero-order valence-corrected chi connectivity index (χ0v) is 18.5. The Balaban J connectivity index is 1.66. The van der Waals surface area contributed by atoms with Crippen molar-refractivity contribution in [2.75, 3.05) is 28.6 Å². The minimum Gasteiger partial charge on any atom is -0.336 e. The maximum absolute atomic E-state index is 13.4. The predicted molar refractivity (Wildman–Crippen MR) is 127 cm³/mol. The molecule has 3 aromatic rings. The quantitative estimate of drug-likeness (QED) is 0.430. The first-order valence-electron chi connectivity index (χ1n) is 10.0. The van der Waals surface area contributed by atoms with Crippen molar-refractivity contribution in [3.63, 3.8) is 0 Å². The van der Waals surface area contributed by atoms with Crippen molar-refractivity contribution < 1.29 is 14.0 Å². The Morgan fingerprint density at radius 3 is 2.16 bits per heavy atom. The molecule has 0 unspecified atom stereocenters. The second kappa shape index (κ2) is 10.6. The highest BCUT2D eigenvalue weighted by Gasteiger charge is 2.17. The van der Waals surface area contributed by atoms with Crippen LogP contribution in [0, 0.1) is 19.7 Å². The molecule has 0 bridgehead atoms. The maximum Gasteiger partial charge on any atom is 0.326 e. The molecule has 3 aromatic carbocycles. The Labute approximate surface area is 191 Å². The van der Waals surface area contributed by atoms with Crippen molar-refractivity contribution in [2.45, 2.75) is 13.8 Å². The second-order valence-corrected chi connectivity index (χ2v) is 7.65. The van der Waals surface area contributed by atoms with Crippen LogP contribution < -0.4 is 20.9 Å². The van der Waals surface area contributed by atoms with Gasteiger partial charge in [0.2, 0.25) is 0 Å². The number of hydrogen-bond donors (Lipinski definition) is 3. The Bertz CT molecular complexity index is 1070. The van der Waals surface area contributed by atoms with Crippen LogP contribution in [-0.2, 0) is 0 Å². The van der Waals surface area contributed by atoms with Crippen molar-refractivity contribution in [1.82, 2.24) is 5.32 Å². The van der Waals surface area contributed by atoms with E-state index >= 15 is 0 Å². The second-order valence-electron chi connectivity index (χ2n) is 7.21. The van der Waals surface area contributed by atoms with Gasteiger partial charge in [0.1, 0.15) is 5.82 Å². The van der Waals surface area contributed by atoms with E-state index in [1.165, 1.54) is 29.2 Å². The minimum absolute atomic E-state index is 0.172. The summed E-state index contributed by atoms with van der Waals surface area (Å²) in [4.78, 5) is 26.7. The SMILES string of the molecule is Cc1cccc(C)c1NC(=O)NCCN(C(=O)Nc1ccc(Cl)cc1)c1ccc(F)cc1. The number of halogens is 2. The molecule has 0 heterocycles. The molecule has 0 spiro atoms. The number of benzene rings is 3. The number of hydrogen-bond acceptors (Lipinski definition) is 2.